The molecule has 1 aromatic rings. The Kier molecular flexibility index (Phi) is 5.99. The largest absolute Gasteiger partial charge is 0.496 e. The molecule has 0 saturated heterocycles. The number of hydrogen-bond donors (Lipinski definition) is 1. The predicted molar refractivity (Wildman–Crippen MR) is 74.3 cm³/mol. The highest BCUT2D eigenvalue weighted by Gasteiger charge is 2.14. The Labute approximate surface area is 110 Å². The molecular formula is C15H26NO2+. The second-order valence-corrected chi connectivity index (χ2v) is 4.60. The number of rotatable bonds is 7. The van der Waals surface area contributed by atoms with E-state index in [1.165, 1.54) is 18.4 Å². The van der Waals surface area contributed by atoms with Crippen LogP contribution in [0.1, 0.15) is 37.8 Å². The molecule has 0 radical (unpaired) electrons. The monoisotopic (exact) mass is 252 g/mol. The van der Waals surface area contributed by atoms with E-state index in [0.29, 0.717) is 6.04 Å². The first kappa shape index (κ1) is 14.8. The highest BCUT2D eigenvalue weighted by atomic mass is 16.5. The van der Waals surface area contributed by atoms with Crippen LogP contribution in [0, 0.1) is 6.92 Å². The van der Waals surface area contributed by atoms with E-state index in [1.54, 1.807) is 14.2 Å². The topological polar surface area (TPSA) is 35.1 Å². The van der Waals surface area contributed by atoms with E-state index in [9.17, 15) is 0 Å². The molecule has 0 fully saturated rings. The van der Waals surface area contributed by atoms with E-state index in [-0.39, 0.29) is 0 Å². The van der Waals surface area contributed by atoms with E-state index < -0.39 is 0 Å². The summed E-state index contributed by atoms with van der Waals surface area (Å²) in [6.07, 6.45) is 2.40. The van der Waals surface area contributed by atoms with Crippen molar-refractivity contribution in [3.63, 3.8) is 0 Å². The number of quaternary nitrogens is 1. The van der Waals surface area contributed by atoms with Crippen LogP contribution < -0.4 is 14.8 Å². The summed E-state index contributed by atoms with van der Waals surface area (Å²) in [5, 5.41) is 2.39. The van der Waals surface area contributed by atoms with Gasteiger partial charge in [0, 0.05) is 11.1 Å². The van der Waals surface area contributed by atoms with Gasteiger partial charge in [-0.1, -0.05) is 13.8 Å². The van der Waals surface area contributed by atoms with E-state index in [4.69, 9.17) is 9.47 Å². The quantitative estimate of drug-likeness (QED) is 0.808. The van der Waals surface area contributed by atoms with Crippen LogP contribution in [0.25, 0.3) is 0 Å². The molecule has 0 heterocycles. The Balaban J connectivity index is 2.86. The lowest BCUT2D eigenvalue weighted by atomic mass is 10.1. The van der Waals surface area contributed by atoms with Gasteiger partial charge in [-0.05, 0) is 31.9 Å². The summed E-state index contributed by atoms with van der Waals surface area (Å²) in [5.74, 6) is 1.84. The Morgan fingerprint density at radius 1 is 1.11 bits per heavy atom. The van der Waals surface area contributed by atoms with Crippen LogP contribution in [0.2, 0.25) is 0 Å². The minimum atomic E-state index is 0.692. The molecule has 0 bridgehead atoms. The lowest BCUT2D eigenvalue weighted by molar-refractivity contribution is -0.705. The maximum absolute atomic E-state index is 5.52. The van der Waals surface area contributed by atoms with Gasteiger partial charge < -0.3 is 14.8 Å². The molecule has 0 aromatic heterocycles. The zero-order valence-electron chi connectivity index (χ0n) is 12.2. The van der Waals surface area contributed by atoms with Crippen LogP contribution >= 0.6 is 0 Å². The smallest absolute Gasteiger partial charge is 0.134 e. The van der Waals surface area contributed by atoms with Crippen LogP contribution in [0.3, 0.4) is 0 Å². The zero-order chi connectivity index (χ0) is 13.5. The summed E-state index contributed by atoms with van der Waals surface area (Å²) in [6, 6.07) is 4.81. The standard InChI is InChI=1S/C15H25NO2/c1-6-13(7-2)16-10-12-8-9-14(17-4)11(3)15(12)18-5/h8-9,13,16H,6-7,10H2,1-5H3/p+1. The summed E-state index contributed by atoms with van der Waals surface area (Å²) in [7, 11) is 3.42. The molecule has 102 valence electrons. The molecule has 0 aliphatic rings. The van der Waals surface area contributed by atoms with Crippen molar-refractivity contribution in [2.24, 2.45) is 0 Å². The van der Waals surface area contributed by atoms with Gasteiger partial charge in [-0.25, -0.2) is 0 Å². The molecule has 18 heavy (non-hydrogen) atoms. The molecule has 0 aliphatic carbocycles. The number of hydrogen-bond acceptors (Lipinski definition) is 2. The van der Waals surface area contributed by atoms with Gasteiger partial charge in [0.15, 0.2) is 0 Å². The fourth-order valence-electron chi connectivity index (χ4n) is 2.31. The van der Waals surface area contributed by atoms with Crippen molar-refractivity contribution < 1.29 is 14.8 Å². The second kappa shape index (κ2) is 7.27. The molecule has 0 amide bonds. The average Bonchev–Trinajstić information content (AvgIpc) is 2.40. The van der Waals surface area contributed by atoms with Gasteiger partial charge in [0.2, 0.25) is 0 Å². The van der Waals surface area contributed by atoms with Gasteiger partial charge in [0.1, 0.15) is 18.0 Å². The van der Waals surface area contributed by atoms with Crippen LogP contribution in [0.5, 0.6) is 11.5 Å². The predicted octanol–water partition coefficient (Wildman–Crippen LogP) is 2.26. The van der Waals surface area contributed by atoms with Crippen molar-refractivity contribution in [3.8, 4) is 11.5 Å². The fraction of sp³-hybridized carbons (Fsp3) is 0.600. The molecule has 1 rings (SSSR count). The Morgan fingerprint density at radius 3 is 2.28 bits per heavy atom. The van der Waals surface area contributed by atoms with Gasteiger partial charge >= 0.3 is 0 Å². The Bertz CT molecular complexity index is 373. The number of benzene rings is 1. The minimum absolute atomic E-state index is 0.692. The molecule has 1 aromatic carbocycles. The highest BCUT2D eigenvalue weighted by molar-refractivity contribution is 5.48. The molecule has 3 heteroatoms. The highest BCUT2D eigenvalue weighted by Crippen LogP contribution is 2.30. The van der Waals surface area contributed by atoms with Gasteiger partial charge in [0.25, 0.3) is 0 Å². The summed E-state index contributed by atoms with van der Waals surface area (Å²) >= 11 is 0. The summed E-state index contributed by atoms with van der Waals surface area (Å²) in [6.45, 7) is 7.47. The van der Waals surface area contributed by atoms with Crippen LogP contribution in [0.4, 0.5) is 0 Å². The summed E-state index contributed by atoms with van der Waals surface area (Å²) in [5.41, 5.74) is 2.32. The molecule has 0 unspecified atom stereocenters. The third-order valence-corrected chi connectivity index (χ3v) is 3.58. The van der Waals surface area contributed by atoms with Crippen molar-refractivity contribution in [2.45, 2.75) is 46.2 Å². The maximum atomic E-state index is 5.52. The van der Waals surface area contributed by atoms with Crippen molar-refractivity contribution >= 4 is 0 Å². The maximum Gasteiger partial charge on any atom is 0.134 e. The van der Waals surface area contributed by atoms with E-state index in [1.807, 2.05) is 13.0 Å². The first-order chi connectivity index (χ1) is 8.67. The van der Waals surface area contributed by atoms with E-state index in [2.05, 4.69) is 25.2 Å². The number of methoxy groups -OCH3 is 2. The number of ether oxygens (including phenoxy) is 2. The van der Waals surface area contributed by atoms with Gasteiger partial charge in [-0.15, -0.1) is 0 Å². The molecule has 3 nitrogen and oxygen atoms in total. The van der Waals surface area contributed by atoms with Crippen LogP contribution in [-0.2, 0) is 6.54 Å². The molecular weight excluding hydrogens is 226 g/mol. The van der Waals surface area contributed by atoms with Crippen molar-refractivity contribution in [1.29, 1.82) is 0 Å². The van der Waals surface area contributed by atoms with Crippen LogP contribution in [-0.4, -0.2) is 20.3 Å². The molecule has 2 N–H and O–H groups in total. The first-order valence-electron chi connectivity index (χ1n) is 6.71. The third-order valence-electron chi connectivity index (χ3n) is 3.58. The van der Waals surface area contributed by atoms with Crippen molar-refractivity contribution in [2.75, 3.05) is 14.2 Å². The summed E-state index contributed by atoms with van der Waals surface area (Å²) in [4.78, 5) is 0. The first-order valence-corrected chi connectivity index (χ1v) is 6.71. The molecule has 0 atom stereocenters. The summed E-state index contributed by atoms with van der Waals surface area (Å²) < 4.78 is 10.8. The lowest BCUT2D eigenvalue weighted by Gasteiger charge is -2.16. The number of nitrogens with two attached hydrogens (primary N) is 1. The average molecular weight is 252 g/mol. The van der Waals surface area contributed by atoms with Crippen LogP contribution in [0.15, 0.2) is 12.1 Å². The van der Waals surface area contributed by atoms with E-state index >= 15 is 0 Å². The molecule has 0 spiro atoms. The molecule has 0 aliphatic heterocycles. The van der Waals surface area contributed by atoms with Gasteiger partial charge in [-0.2, -0.15) is 0 Å². The van der Waals surface area contributed by atoms with Crippen molar-refractivity contribution in [1.82, 2.24) is 0 Å². The third kappa shape index (κ3) is 3.39. The zero-order valence-corrected chi connectivity index (χ0v) is 12.2. The lowest BCUT2D eigenvalue weighted by Crippen LogP contribution is -2.88. The Hall–Kier alpha value is -1.22. The second-order valence-electron chi connectivity index (χ2n) is 4.60. The normalized spacial score (nSPS) is 10.8. The SMILES string of the molecule is CCC(CC)[NH2+]Cc1ccc(OC)c(C)c1OC. The van der Waals surface area contributed by atoms with Gasteiger partial charge in [0.05, 0.1) is 20.3 Å². The van der Waals surface area contributed by atoms with Crippen molar-refractivity contribution in [3.05, 3.63) is 23.3 Å². The minimum Gasteiger partial charge on any atom is -0.496 e. The van der Waals surface area contributed by atoms with E-state index in [0.717, 1.165) is 23.6 Å². The fourth-order valence-corrected chi connectivity index (χ4v) is 2.31. The molecule has 0 saturated carbocycles. The Morgan fingerprint density at radius 2 is 1.78 bits per heavy atom. The van der Waals surface area contributed by atoms with Gasteiger partial charge in [-0.3, -0.25) is 0 Å².